The van der Waals surface area contributed by atoms with E-state index in [-0.39, 0.29) is 18.0 Å². The van der Waals surface area contributed by atoms with Crippen LogP contribution in [0.4, 0.5) is 11.5 Å². The molecule has 5 rings (SSSR count). The molecule has 182 valence electrons. The first-order valence-corrected chi connectivity index (χ1v) is 12.3. The Morgan fingerprint density at radius 2 is 1.80 bits per heavy atom. The van der Waals surface area contributed by atoms with E-state index in [0.29, 0.717) is 22.2 Å². The van der Waals surface area contributed by atoms with Crippen molar-refractivity contribution >= 4 is 35.0 Å². The van der Waals surface area contributed by atoms with E-state index in [0.717, 1.165) is 56.0 Å². The molecule has 35 heavy (non-hydrogen) atoms. The Morgan fingerprint density at radius 1 is 1.09 bits per heavy atom. The van der Waals surface area contributed by atoms with Crippen molar-refractivity contribution in [1.82, 2.24) is 14.8 Å². The zero-order valence-electron chi connectivity index (χ0n) is 19.8. The normalized spacial score (nSPS) is 16.3. The van der Waals surface area contributed by atoms with E-state index in [9.17, 15) is 9.59 Å². The molecule has 0 bridgehead atoms. The molecule has 1 aliphatic heterocycles. The van der Waals surface area contributed by atoms with Gasteiger partial charge in [-0.1, -0.05) is 11.6 Å². The van der Waals surface area contributed by atoms with Crippen LogP contribution in [-0.4, -0.2) is 45.8 Å². The average molecular weight is 494 g/mol. The molecule has 1 aromatic carbocycles. The Kier molecular flexibility index (Phi) is 6.47. The minimum atomic E-state index is -0.228. The predicted octanol–water partition coefficient (Wildman–Crippen LogP) is 4.89. The fourth-order valence-electron chi connectivity index (χ4n) is 4.60. The number of nitrogens with zero attached hydrogens (tertiary/aromatic N) is 4. The Labute approximate surface area is 209 Å². The van der Waals surface area contributed by atoms with Gasteiger partial charge in [0.05, 0.1) is 35.0 Å². The quantitative estimate of drug-likeness (QED) is 0.492. The summed E-state index contributed by atoms with van der Waals surface area (Å²) in [7, 11) is 0. The summed E-state index contributed by atoms with van der Waals surface area (Å²) >= 11 is 5.99. The van der Waals surface area contributed by atoms with E-state index in [1.165, 1.54) is 12.5 Å². The lowest BCUT2D eigenvalue weighted by molar-refractivity contribution is -0.147. The Hall–Kier alpha value is -3.39. The number of piperidine rings is 1. The number of anilines is 2. The van der Waals surface area contributed by atoms with Gasteiger partial charge in [0.15, 0.2) is 0 Å². The minimum absolute atomic E-state index is 0.0243. The maximum Gasteiger partial charge on any atom is 0.302 e. The van der Waals surface area contributed by atoms with E-state index in [2.05, 4.69) is 21.4 Å². The van der Waals surface area contributed by atoms with Crippen molar-refractivity contribution in [3.8, 4) is 5.69 Å². The number of rotatable bonds is 6. The van der Waals surface area contributed by atoms with Crippen molar-refractivity contribution < 1.29 is 14.3 Å². The van der Waals surface area contributed by atoms with Gasteiger partial charge in [-0.3, -0.25) is 9.59 Å². The summed E-state index contributed by atoms with van der Waals surface area (Å²) in [4.78, 5) is 31.3. The number of ether oxygens (including phenoxy) is 1. The third-order valence-electron chi connectivity index (χ3n) is 6.57. The zero-order valence-corrected chi connectivity index (χ0v) is 20.6. The molecule has 2 aromatic heterocycles. The van der Waals surface area contributed by atoms with Crippen LogP contribution in [0.5, 0.6) is 0 Å². The van der Waals surface area contributed by atoms with Gasteiger partial charge >= 0.3 is 5.97 Å². The molecule has 3 aromatic rings. The fraction of sp³-hybridized carbons (Fsp3) is 0.385. The van der Waals surface area contributed by atoms with E-state index in [4.69, 9.17) is 21.3 Å². The van der Waals surface area contributed by atoms with E-state index < -0.39 is 0 Å². The molecule has 9 heteroatoms. The molecule has 0 atom stereocenters. The SMILES string of the molecule is CC(=O)OC1CCN(c2ncc(NC(=O)c3cnn(-c4ccc(Cl)cc4)c3C)cc2C2CC2)CC1. The van der Waals surface area contributed by atoms with E-state index >= 15 is 0 Å². The number of amides is 1. The number of benzene rings is 1. The van der Waals surface area contributed by atoms with Crippen LogP contribution in [0.25, 0.3) is 5.69 Å². The van der Waals surface area contributed by atoms with Crippen LogP contribution < -0.4 is 10.2 Å². The predicted molar refractivity (Wildman–Crippen MR) is 134 cm³/mol. The van der Waals surface area contributed by atoms with Crippen LogP contribution in [-0.2, 0) is 9.53 Å². The van der Waals surface area contributed by atoms with Gasteiger partial charge in [-0.05, 0) is 61.6 Å². The molecule has 1 saturated carbocycles. The third kappa shape index (κ3) is 5.17. The lowest BCUT2D eigenvalue weighted by Gasteiger charge is -2.33. The molecule has 0 spiro atoms. The second kappa shape index (κ2) is 9.70. The topological polar surface area (TPSA) is 89.3 Å². The summed E-state index contributed by atoms with van der Waals surface area (Å²) in [5, 5.41) is 8.04. The number of nitrogens with one attached hydrogen (secondary N) is 1. The van der Waals surface area contributed by atoms with Crippen molar-refractivity contribution in [2.75, 3.05) is 23.3 Å². The number of pyridine rings is 1. The highest BCUT2D eigenvalue weighted by atomic mass is 35.5. The first-order valence-electron chi connectivity index (χ1n) is 11.9. The molecule has 1 N–H and O–H groups in total. The number of carbonyl (C=O) groups is 2. The maximum absolute atomic E-state index is 13.1. The number of aromatic nitrogens is 3. The summed E-state index contributed by atoms with van der Waals surface area (Å²) in [6.45, 7) is 4.90. The Morgan fingerprint density at radius 3 is 2.46 bits per heavy atom. The molecular formula is C26H28ClN5O3. The van der Waals surface area contributed by atoms with Gasteiger partial charge in [0.2, 0.25) is 0 Å². The molecule has 2 aliphatic rings. The summed E-state index contributed by atoms with van der Waals surface area (Å²) in [5.74, 6) is 0.990. The number of hydrogen-bond acceptors (Lipinski definition) is 6. The smallest absolute Gasteiger partial charge is 0.302 e. The lowest BCUT2D eigenvalue weighted by Crippen LogP contribution is -2.38. The summed E-state index contributed by atoms with van der Waals surface area (Å²) in [6.07, 6.45) is 7.11. The Balaban J connectivity index is 1.31. The van der Waals surface area contributed by atoms with Crippen LogP contribution in [0, 0.1) is 6.92 Å². The minimum Gasteiger partial charge on any atom is -0.462 e. The molecule has 3 heterocycles. The number of hydrogen-bond donors (Lipinski definition) is 1. The van der Waals surface area contributed by atoms with Gasteiger partial charge in [-0.2, -0.15) is 5.10 Å². The second-order valence-corrected chi connectivity index (χ2v) is 9.63. The number of carbonyl (C=O) groups excluding carboxylic acids is 2. The van der Waals surface area contributed by atoms with E-state index in [1.54, 1.807) is 29.2 Å². The molecule has 1 aliphatic carbocycles. The van der Waals surface area contributed by atoms with Gasteiger partial charge in [-0.25, -0.2) is 9.67 Å². The summed E-state index contributed by atoms with van der Waals surface area (Å²) < 4.78 is 7.09. The van der Waals surface area contributed by atoms with E-state index in [1.807, 2.05) is 19.1 Å². The molecule has 0 unspecified atom stereocenters. The molecule has 1 saturated heterocycles. The van der Waals surface area contributed by atoms with Gasteiger partial charge < -0.3 is 15.0 Å². The van der Waals surface area contributed by atoms with Crippen molar-refractivity contribution in [1.29, 1.82) is 0 Å². The highest BCUT2D eigenvalue weighted by Crippen LogP contribution is 2.45. The van der Waals surface area contributed by atoms with Crippen molar-refractivity contribution in [2.24, 2.45) is 0 Å². The second-order valence-electron chi connectivity index (χ2n) is 9.19. The highest BCUT2D eigenvalue weighted by molar-refractivity contribution is 6.30. The fourth-order valence-corrected chi connectivity index (χ4v) is 4.72. The first kappa shape index (κ1) is 23.4. The highest BCUT2D eigenvalue weighted by Gasteiger charge is 2.31. The molecule has 0 radical (unpaired) electrons. The molecule has 2 fully saturated rings. The standard InChI is InChI=1S/C26H28ClN5O3/c1-16-24(15-29-32(16)21-7-5-19(27)6-8-21)26(34)30-20-13-23(18-3-4-18)25(28-14-20)31-11-9-22(10-12-31)35-17(2)33/h5-8,13-15,18,22H,3-4,9-12H2,1-2H3,(H,30,34). The largest absolute Gasteiger partial charge is 0.462 e. The summed E-state index contributed by atoms with van der Waals surface area (Å²) in [6, 6.07) is 9.37. The van der Waals surface area contributed by atoms with Crippen LogP contribution in [0.2, 0.25) is 5.02 Å². The van der Waals surface area contributed by atoms with Gasteiger partial charge in [-0.15, -0.1) is 0 Å². The number of esters is 1. The van der Waals surface area contributed by atoms with Crippen molar-refractivity contribution in [2.45, 2.75) is 51.6 Å². The third-order valence-corrected chi connectivity index (χ3v) is 6.82. The van der Waals surface area contributed by atoms with Crippen LogP contribution in [0.1, 0.15) is 60.1 Å². The average Bonchev–Trinajstić information content (AvgIpc) is 3.61. The molecule has 8 nitrogen and oxygen atoms in total. The van der Waals surface area contributed by atoms with Crippen LogP contribution >= 0.6 is 11.6 Å². The Bertz CT molecular complexity index is 1240. The molecule has 1 amide bonds. The maximum atomic E-state index is 13.1. The molecular weight excluding hydrogens is 466 g/mol. The van der Waals surface area contributed by atoms with Gasteiger partial charge in [0.1, 0.15) is 11.9 Å². The first-order chi connectivity index (χ1) is 16.9. The van der Waals surface area contributed by atoms with Crippen LogP contribution in [0.3, 0.4) is 0 Å². The van der Waals surface area contributed by atoms with Crippen molar-refractivity contribution in [3.05, 3.63) is 64.6 Å². The lowest BCUT2D eigenvalue weighted by atomic mass is 10.1. The zero-order chi connectivity index (χ0) is 24.5. The summed E-state index contributed by atoms with van der Waals surface area (Å²) in [5.41, 5.74) is 3.93. The van der Waals surface area contributed by atoms with Gasteiger partial charge in [0, 0.05) is 37.9 Å². The van der Waals surface area contributed by atoms with Gasteiger partial charge in [0.25, 0.3) is 5.91 Å². The number of halogens is 1. The van der Waals surface area contributed by atoms with Crippen LogP contribution in [0.15, 0.2) is 42.7 Å². The van der Waals surface area contributed by atoms with Crippen molar-refractivity contribution in [3.63, 3.8) is 0 Å². The monoisotopic (exact) mass is 493 g/mol.